The average molecular weight is 398 g/mol. The summed E-state index contributed by atoms with van der Waals surface area (Å²) in [6.45, 7) is 0.701. The van der Waals surface area contributed by atoms with Crippen molar-refractivity contribution >= 4 is 23.4 Å². The third-order valence-corrected chi connectivity index (χ3v) is 6.51. The Kier molecular flexibility index (Phi) is 5.81. The van der Waals surface area contributed by atoms with E-state index in [0.29, 0.717) is 13.0 Å². The molecule has 5 heteroatoms. The van der Waals surface area contributed by atoms with Gasteiger partial charge in [-0.15, -0.1) is 11.8 Å². The highest BCUT2D eigenvalue weighted by atomic mass is 32.2. The number of anilines is 1. The van der Waals surface area contributed by atoms with Gasteiger partial charge in [-0.1, -0.05) is 6.07 Å². The van der Waals surface area contributed by atoms with Gasteiger partial charge < -0.3 is 14.4 Å². The molecule has 4 nitrogen and oxygen atoms in total. The second-order valence-electron chi connectivity index (χ2n) is 7.54. The number of amides is 1. The topological polar surface area (TPSA) is 38.8 Å². The van der Waals surface area contributed by atoms with E-state index < -0.39 is 0 Å². The molecule has 0 spiro atoms. The number of benzene rings is 2. The molecule has 1 amide bonds. The SMILES string of the molecule is COc1ccc([C@H]2CC(=O)N(c3ccc(SC)cc3)C2)cc1OC1CCCC1. The highest BCUT2D eigenvalue weighted by molar-refractivity contribution is 7.98. The molecule has 0 bridgehead atoms. The fourth-order valence-corrected chi connectivity index (χ4v) is 4.58. The van der Waals surface area contributed by atoms with Crippen LogP contribution in [0.15, 0.2) is 47.4 Å². The lowest BCUT2D eigenvalue weighted by Crippen LogP contribution is -2.24. The zero-order valence-corrected chi connectivity index (χ0v) is 17.3. The monoisotopic (exact) mass is 397 g/mol. The number of nitrogens with zero attached hydrogens (tertiary/aromatic N) is 1. The Bertz CT molecular complexity index is 830. The van der Waals surface area contributed by atoms with Crippen LogP contribution in [0.2, 0.25) is 0 Å². The van der Waals surface area contributed by atoms with Gasteiger partial charge in [-0.2, -0.15) is 0 Å². The highest BCUT2D eigenvalue weighted by Gasteiger charge is 2.32. The molecule has 28 heavy (non-hydrogen) atoms. The summed E-state index contributed by atoms with van der Waals surface area (Å²) in [7, 11) is 1.68. The van der Waals surface area contributed by atoms with E-state index in [1.54, 1.807) is 18.9 Å². The number of methoxy groups -OCH3 is 1. The molecule has 1 atom stereocenters. The quantitative estimate of drug-likeness (QED) is 0.623. The van der Waals surface area contributed by atoms with E-state index in [1.165, 1.54) is 17.7 Å². The van der Waals surface area contributed by atoms with E-state index in [2.05, 4.69) is 30.5 Å². The predicted octanol–water partition coefficient (Wildman–Crippen LogP) is 5.26. The summed E-state index contributed by atoms with van der Waals surface area (Å²) >= 11 is 1.71. The number of hydrogen-bond acceptors (Lipinski definition) is 4. The molecule has 0 unspecified atom stereocenters. The van der Waals surface area contributed by atoms with Crippen molar-refractivity contribution in [2.24, 2.45) is 0 Å². The van der Waals surface area contributed by atoms with Crippen LogP contribution < -0.4 is 14.4 Å². The van der Waals surface area contributed by atoms with Gasteiger partial charge in [-0.05, 0) is 73.9 Å². The predicted molar refractivity (Wildman–Crippen MR) is 114 cm³/mol. The van der Waals surface area contributed by atoms with Crippen LogP contribution in [0.1, 0.15) is 43.6 Å². The minimum Gasteiger partial charge on any atom is -0.493 e. The standard InChI is InChI=1S/C23H27NO3S/c1-26-21-12-7-16(13-22(21)27-19-5-3-4-6-19)17-14-23(25)24(15-17)18-8-10-20(28-2)11-9-18/h7-13,17,19H,3-6,14-15H2,1-2H3/t17-/m0/s1. The third kappa shape index (κ3) is 4.00. The van der Waals surface area contributed by atoms with E-state index in [4.69, 9.17) is 9.47 Å². The summed E-state index contributed by atoms with van der Waals surface area (Å²) in [5.41, 5.74) is 2.12. The van der Waals surface area contributed by atoms with E-state index in [-0.39, 0.29) is 17.9 Å². The van der Waals surface area contributed by atoms with Gasteiger partial charge in [0.2, 0.25) is 5.91 Å². The summed E-state index contributed by atoms with van der Waals surface area (Å²) in [6.07, 6.45) is 7.54. The zero-order chi connectivity index (χ0) is 19.5. The summed E-state index contributed by atoms with van der Waals surface area (Å²) < 4.78 is 11.7. The molecule has 1 heterocycles. The van der Waals surface area contributed by atoms with Crippen molar-refractivity contribution in [2.75, 3.05) is 24.8 Å². The first-order valence-electron chi connectivity index (χ1n) is 9.97. The van der Waals surface area contributed by atoms with Crippen LogP contribution in [0.4, 0.5) is 5.69 Å². The molecule has 4 rings (SSSR count). The number of thioether (sulfide) groups is 1. The summed E-state index contributed by atoms with van der Waals surface area (Å²) in [5.74, 6) is 1.92. The van der Waals surface area contributed by atoms with Gasteiger partial charge in [0.25, 0.3) is 0 Å². The molecule has 148 valence electrons. The molecule has 1 saturated carbocycles. The van der Waals surface area contributed by atoms with Crippen LogP contribution in [0.25, 0.3) is 0 Å². The van der Waals surface area contributed by atoms with Crippen LogP contribution in [0, 0.1) is 0 Å². The zero-order valence-electron chi connectivity index (χ0n) is 16.5. The van der Waals surface area contributed by atoms with Crippen molar-refractivity contribution in [3.05, 3.63) is 48.0 Å². The second-order valence-corrected chi connectivity index (χ2v) is 8.42. The Hall–Kier alpha value is -2.14. The fourth-order valence-electron chi connectivity index (χ4n) is 4.17. The van der Waals surface area contributed by atoms with E-state index in [0.717, 1.165) is 35.6 Å². The fraction of sp³-hybridized carbons (Fsp3) is 0.435. The first-order valence-corrected chi connectivity index (χ1v) is 11.2. The Morgan fingerprint density at radius 2 is 1.79 bits per heavy atom. The van der Waals surface area contributed by atoms with E-state index in [1.807, 2.05) is 23.1 Å². The molecular weight excluding hydrogens is 370 g/mol. The molecule has 0 aromatic heterocycles. The highest BCUT2D eigenvalue weighted by Crippen LogP contribution is 2.38. The Balaban J connectivity index is 1.52. The molecular formula is C23H27NO3S. The molecule has 2 fully saturated rings. The van der Waals surface area contributed by atoms with Gasteiger partial charge in [-0.3, -0.25) is 4.79 Å². The maximum Gasteiger partial charge on any atom is 0.227 e. The minimum absolute atomic E-state index is 0.171. The van der Waals surface area contributed by atoms with Gasteiger partial charge in [-0.25, -0.2) is 0 Å². The first-order chi connectivity index (χ1) is 13.7. The number of ether oxygens (including phenoxy) is 2. The van der Waals surface area contributed by atoms with Crippen LogP contribution in [-0.4, -0.2) is 31.9 Å². The van der Waals surface area contributed by atoms with Crippen LogP contribution in [0.3, 0.4) is 0 Å². The second kappa shape index (κ2) is 8.48. The van der Waals surface area contributed by atoms with Crippen molar-refractivity contribution in [2.45, 2.75) is 49.0 Å². The molecule has 2 aromatic rings. The van der Waals surface area contributed by atoms with Crippen LogP contribution >= 0.6 is 11.8 Å². The van der Waals surface area contributed by atoms with Crippen LogP contribution in [0.5, 0.6) is 11.5 Å². The van der Waals surface area contributed by atoms with Gasteiger partial charge in [0.05, 0.1) is 13.2 Å². The van der Waals surface area contributed by atoms with Crippen molar-refractivity contribution in [3.8, 4) is 11.5 Å². The number of hydrogen-bond donors (Lipinski definition) is 0. The van der Waals surface area contributed by atoms with Crippen LogP contribution in [-0.2, 0) is 4.79 Å². The smallest absolute Gasteiger partial charge is 0.227 e. The average Bonchev–Trinajstić information content (AvgIpc) is 3.37. The lowest BCUT2D eigenvalue weighted by molar-refractivity contribution is -0.117. The van der Waals surface area contributed by atoms with Gasteiger partial charge in [0, 0.05) is 29.5 Å². The van der Waals surface area contributed by atoms with Crippen molar-refractivity contribution in [3.63, 3.8) is 0 Å². The number of rotatable bonds is 6. The number of carbonyl (C=O) groups is 1. The normalized spacial score (nSPS) is 20.0. The molecule has 0 radical (unpaired) electrons. The molecule has 1 aliphatic carbocycles. The first kappa shape index (κ1) is 19.2. The maximum atomic E-state index is 12.7. The lowest BCUT2D eigenvalue weighted by atomic mass is 9.98. The largest absolute Gasteiger partial charge is 0.493 e. The molecule has 2 aliphatic rings. The Morgan fingerprint density at radius 3 is 2.46 bits per heavy atom. The lowest BCUT2D eigenvalue weighted by Gasteiger charge is -2.19. The summed E-state index contributed by atoms with van der Waals surface area (Å²) in [5, 5.41) is 0. The molecule has 0 N–H and O–H groups in total. The van der Waals surface area contributed by atoms with Gasteiger partial charge >= 0.3 is 0 Å². The minimum atomic E-state index is 0.171. The third-order valence-electron chi connectivity index (χ3n) is 5.76. The summed E-state index contributed by atoms with van der Waals surface area (Å²) in [6, 6.07) is 14.3. The molecule has 1 saturated heterocycles. The van der Waals surface area contributed by atoms with Crippen molar-refractivity contribution in [1.82, 2.24) is 0 Å². The van der Waals surface area contributed by atoms with Gasteiger partial charge in [0.1, 0.15) is 0 Å². The Morgan fingerprint density at radius 1 is 1.04 bits per heavy atom. The van der Waals surface area contributed by atoms with E-state index >= 15 is 0 Å². The molecule has 2 aromatic carbocycles. The van der Waals surface area contributed by atoms with Crippen molar-refractivity contribution < 1.29 is 14.3 Å². The number of carbonyl (C=O) groups excluding carboxylic acids is 1. The van der Waals surface area contributed by atoms with Crippen molar-refractivity contribution in [1.29, 1.82) is 0 Å². The summed E-state index contributed by atoms with van der Waals surface area (Å²) in [4.78, 5) is 15.8. The Labute approximate surface area is 171 Å². The van der Waals surface area contributed by atoms with Gasteiger partial charge in [0.15, 0.2) is 11.5 Å². The maximum absolute atomic E-state index is 12.7. The van der Waals surface area contributed by atoms with E-state index in [9.17, 15) is 4.79 Å². The molecule has 1 aliphatic heterocycles.